The van der Waals surface area contributed by atoms with Gasteiger partial charge < -0.3 is 5.32 Å². The van der Waals surface area contributed by atoms with E-state index in [1.54, 1.807) is 12.5 Å². The molecule has 15 heavy (non-hydrogen) atoms. The molecule has 4 heteroatoms. The summed E-state index contributed by atoms with van der Waals surface area (Å²) in [6.45, 7) is 2.32. The van der Waals surface area contributed by atoms with E-state index in [2.05, 4.69) is 38.1 Å². The van der Waals surface area contributed by atoms with Gasteiger partial charge in [-0.05, 0) is 34.7 Å². The van der Waals surface area contributed by atoms with Gasteiger partial charge in [0.05, 0.1) is 4.47 Å². The second-order valence-electron chi connectivity index (χ2n) is 4.33. The van der Waals surface area contributed by atoms with Gasteiger partial charge in [0.15, 0.2) is 0 Å². The fraction of sp³-hybridized carbons (Fsp3) is 0.636. The van der Waals surface area contributed by atoms with Crippen LogP contribution in [0.4, 0.5) is 5.82 Å². The Morgan fingerprint density at radius 1 is 1.47 bits per heavy atom. The summed E-state index contributed by atoms with van der Waals surface area (Å²) in [6, 6.07) is 0.569. The van der Waals surface area contributed by atoms with E-state index in [1.807, 2.05) is 0 Å². The lowest BCUT2D eigenvalue weighted by atomic mass is 9.87. The van der Waals surface area contributed by atoms with Crippen molar-refractivity contribution in [2.24, 2.45) is 5.92 Å². The molecular weight excluding hydrogens is 254 g/mol. The molecule has 2 unspecified atom stereocenters. The zero-order valence-corrected chi connectivity index (χ0v) is 10.5. The van der Waals surface area contributed by atoms with Crippen LogP contribution in [0.3, 0.4) is 0 Å². The van der Waals surface area contributed by atoms with Gasteiger partial charge in [0, 0.05) is 12.2 Å². The van der Waals surface area contributed by atoms with E-state index in [-0.39, 0.29) is 0 Å². The van der Waals surface area contributed by atoms with Crippen molar-refractivity contribution in [1.82, 2.24) is 9.97 Å². The van der Waals surface area contributed by atoms with Gasteiger partial charge in [0.1, 0.15) is 12.1 Å². The molecular formula is C11H16BrN3. The summed E-state index contributed by atoms with van der Waals surface area (Å²) in [5, 5.41) is 3.48. The zero-order chi connectivity index (χ0) is 10.7. The van der Waals surface area contributed by atoms with E-state index < -0.39 is 0 Å². The molecule has 3 nitrogen and oxygen atoms in total. The fourth-order valence-corrected chi connectivity index (χ4v) is 2.51. The molecule has 0 radical (unpaired) electrons. The smallest absolute Gasteiger partial charge is 0.143 e. The van der Waals surface area contributed by atoms with E-state index in [0.717, 1.165) is 16.2 Å². The van der Waals surface area contributed by atoms with Gasteiger partial charge in [0.2, 0.25) is 0 Å². The van der Waals surface area contributed by atoms with Crippen molar-refractivity contribution in [3.63, 3.8) is 0 Å². The molecule has 1 saturated carbocycles. The van der Waals surface area contributed by atoms with Crippen molar-refractivity contribution in [2.75, 3.05) is 5.32 Å². The van der Waals surface area contributed by atoms with Crippen LogP contribution in [-0.2, 0) is 0 Å². The quantitative estimate of drug-likeness (QED) is 0.896. The van der Waals surface area contributed by atoms with Crippen LogP contribution in [-0.4, -0.2) is 16.0 Å². The summed E-state index contributed by atoms with van der Waals surface area (Å²) in [7, 11) is 0. The lowest BCUT2D eigenvalue weighted by molar-refractivity contribution is 0.358. The van der Waals surface area contributed by atoms with E-state index in [1.165, 1.54) is 25.7 Å². The molecule has 1 N–H and O–H groups in total. The maximum atomic E-state index is 4.23. The van der Waals surface area contributed by atoms with Gasteiger partial charge in [-0.25, -0.2) is 9.97 Å². The van der Waals surface area contributed by atoms with Crippen LogP contribution >= 0.6 is 15.9 Å². The molecule has 1 heterocycles. The predicted octanol–water partition coefficient (Wildman–Crippen LogP) is 3.23. The highest BCUT2D eigenvalue weighted by Crippen LogP contribution is 2.27. The van der Waals surface area contributed by atoms with Gasteiger partial charge in [-0.2, -0.15) is 0 Å². The minimum absolute atomic E-state index is 0.569. The highest BCUT2D eigenvalue weighted by molar-refractivity contribution is 9.10. The Labute approximate surface area is 98.8 Å². The van der Waals surface area contributed by atoms with Crippen molar-refractivity contribution in [3.8, 4) is 0 Å². The molecule has 1 aromatic heterocycles. The molecule has 1 aliphatic rings. The summed E-state index contributed by atoms with van der Waals surface area (Å²) >= 11 is 3.45. The van der Waals surface area contributed by atoms with Crippen LogP contribution in [0.2, 0.25) is 0 Å². The molecule has 1 fully saturated rings. The summed E-state index contributed by atoms with van der Waals surface area (Å²) in [5.41, 5.74) is 0. The standard InChI is InChI=1S/C11H16BrN3/c1-8-3-2-4-9(5-8)15-11-10(12)6-13-7-14-11/h6-9H,2-5H2,1H3,(H,13,14,15). The number of anilines is 1. The van der Waals surface area contributed by atoms with Gasteiger partial charge in [-0.1, -0.05) is 19.8 Å². The average Bonchev–Trinajstić information content (AvgIpc) is 2.22. The van der Waals surface area contributed by atoms with Crippen LogP contribution in [0, 0.1) is 5.92 Å². The largest absolute Gasteiger partial charge is 0.366 e. The molecule has 2 atom stereocenters. The van der Waals surface area contributed by atoms with Crippen LogP contribution < -0.4 is 5.32 Å². The van der Waals surface area contributed by atoms with Crippen molar-refractivity contribution in [3.05, 3.63) is 17.0 Å². The maximum absolute atomic E-state index is 4.23. The molecule has 0 spiro atoms. The minimum atomic E-state index is 0.569. The molecule has 1 aromatic rings. The first-order chi connectivity index (χ1) is 7.25. The number of nitrogens with zero attached hydrogens (tertiary/aromatic N) is 2. The second kappa shape index (κ2) is 4.92. The molecule has 0 saturated heterocycles. The minimum Gasteiger partial charge on any atom is -0.366 e. The third kappa shape index (κ3) is 2.91. The van der Waals surface area contributed by atoms with Crippen LogP contribution in [0.1, 0.15) is 32.6 Å². The zero-order valence-electron chi connectivity index (χ0n) is 8.91. The van der Waals surface area contributed by atoms with Gasteiger partial charge in [0.25, 0.3) is 0 Å². The lowest BCUT2D eigenvalue weighted by Gasteiger charge is -2.28. The van der Waals surface area contributed by atoms with Crippen molar-refractivity contribution in [2.45, 2.75) is 38.6 Å². The topological polar surface area (TPSA) is 37.8 Å². The molecule has 2 rings (SSSR count). The first-order valence-corrected chi connectivity index (χ1v) is 6.27. The Kier molecular flexibility index (Phi) is 3.57. The number of halogens is 1. The monoisotopic (exact) mass is 269 g/mol. The maximum Gasteiger partial charge on any atom is 0.143 e. The van der Waals surface area contributed by atoms with Crippen molar-refractivity contribution in [1.29, 1.82) is 0 Å². The molecule has 0 amide bonds. The number of nitrogens with one attached hydrogen (secondary N) is 1. The summed E-state index contributed by atoms with van der Waals surface area (Å²) in [6.07, 6.45) is 8.54. The lowest BCUT2D eigenvalue weighted by Crippen LogP contribution is -2.26. The number of hydrogen-bond donors (Lipinski definition) is 1. The Morgan fingerprint density at radius 2 is 2.33 bits per heavy atom. The molecule has 82 valence electrons. The Morgan fingerprint density at radius 3 is 3.07 bits per heavy atom. The first-order valence-electron chi connectivity index (χ1n) is 5.47. The van der Waals surface area contributed by atoms with E-state index >= 15 is 0 Å². The van der Waals surface area contributed by atoms with Crippen molar-refractivity contribution >= 4 is 21.7 Å². The van der Waals surface area contributed by atoms with Gasteiger partial charge in [-0.15, -0.1) is 0 Å². The molecule has 0 bridgehead atoms. The predicted molar refractivity (Wildman–Crippen MR) is 64.8 cm³/mol. The second-order valence-corrected chi connectivity index (χ2v) is 5.19. The van der Waals surface area contributed by atoms with E-state index in [0.29, 0.717) is 6.04 Å². The summed E-state index contributed by atoms with van der Waals surface area (Å²) in [4.78, 5) is 8.18. The van der Waals surface area contributed by atoms with Crippen molar-refractivity contribution < 1.29 is 0 Å². The van der Waals surface area contributed by atoms with Gasteiger partial charge in [-0.3, -0.25) is 0 Å². The Hall–Kier alpha value is -0.640. The fourth-order valence-electron chi connectivity index (χ4n) is 2.18. The van der Waals surface area contributed by atoms with E-state index in [4.69, 9.17) is 0 Å². The number of rotatable bonds is 2. The SMILES string of the molecule is CC1CCCC(Nc2ncncc2Br)C1. The van der Waals surface area contributed by atoms with Gasteiger partial charge >= 0.3 is 0 Å². The molecule has 0 aromatic carbocycles. The highest BCUT2D eigenvalue weighted by Gasteiger charge is 2.19. The third-order valence-corrected chi connectivity index (χ3v) is 3.53. The third-order valence-electron chi connectivity index (χ3n) is 2.94. The van der Waals surface area contributed by atoms with Crippen LogP contribution in [0.25, 0.3) is 0 Å². The molecule has 1 aliphatic carbocycles. The normalized spacial score (nSPS) is 26.3. The number of aromatic nitrogens is 2. The Balaban J connectivity index is 1.99. The van der Waals surface area contributed by atoms with Crippen LogP contribution in [0.15, 0.2) is 17.0 Å². The highest BCUT2D eigenvalue weighted by atomic mass is 79.9. The summed E-state index contributed by atoms with van der Waals surface area (Å²) in [5.74, 6) is 1.75. The average molecular weight is 270 g/mol. The summed E-state index contributed by atoms with van der Waals surface area (Å²) < 4.78 is 0.947. The number of hydrogen-bond acceptors (Lipinski definition) is 3. The van der Waals surface area contributed by atoms with E-state index in [9.17, 15) is 0 Å². The first kappa shape index (κ1) is 10.9. The Bertz CT molecular complexity index is 329. The molecule has 0 aliphatic heterocycles. The van der Waals surface area contributed by atoms with Crippen LogP contribution in [0.5, 0.6) is 0 Å².